The fourth-order valence-corrected chi connectivity index (χ4v) is 3.61. The predicted molar refractivity (Wildman–Crippen MR) is 101 cm³/mol. The number of amides is 2. The Labute approximate surface area is 156 Å². The highest BCUT2D eigenvalue weighted by Gasteiger charge is 2.31. The molecular formula is C19H28ClN3O2. The van der Waals surface area contributed by atoms with Gasteiger partial charge in [-0.15, -0.1) is 12.4 Å². The van der Waals surface area contributed by atoms with Crippen LogP contribution in [0.1, 0.15) is 24.8 Å². The molecule has 1 N–H and O–H groups in total. The first-order valence-electron chi connectivity index (χ1n) is 9.05. The Morgan fingerprint density at radius 3 is 2.56 bits per heavy atom. The van der Waals surface area contributed by atoms with E-state index in [4.69, 9.17) is 0 Å². The molecule has 2 heterocycles. The van der Waals surface area contributed by atoms with E-state index in [-0.39, 0.29) is 30.1 Å². The van der Waals surface area contributed by atoms with Crippen LogP contribution in [0.15, 0.2) is 30.3 Å². The standard InChI is InChI=1S/C19H27N3O2.ClH/c23-18(14-16-6-2-1-3-7-16)22-11-4-8-17(15-22)19(24)21-12-5-9-20-10-13-21;/h1-3,6-7,17,20H,4-5,8-15H2;1H. The number of nitrogens with one attached hydrogen (secondary N) is 1. The smallest absolute Gasteiger partial charge is 0.227 e. The highest BCUT2D eigenvalue weighted by Crippen LogP contribution is 2.20. The number of halogens is 1. The molecule has 25 heavy (non-hydrogen) atoms. The van der Waals surface area contributed by atoms with Gasteiger partial charge < -0.3 is 15.1 Å². The molecule has 1 aromatic carbocycles. The van der Waals surface area contributed by atoms with Gasteiger partial charge in [-0.1, -0.05) is 30.3 Å². The molecule has 2 aliphatic heterocycles. The summed E-state index contributed by atoms with van der Waals surface area (Å²) >= 11 is 0. The molecule has 1 atom stereocenters. The van der Waals surface area contributed by atoms with E-state index in [9.17, 15) is 9.59 Å². The highest BCUT2D eigenvalue weighted by molar-refractivity contribution is 5.85. The molecule has 3 rings (SSSR count). The minimum absolute atomic E-state index is 0. The van der Waals surface area contributed by atoms with Crippen molar-refractivity contribution in [1.29, 1.82) is 0 Å². The van der Waals surface area contributed by atoms with Crippen LogP contribution in [0.4, 0.5) is 0 Å². The molecule has 2 aliphatic rings. The first kappa shape index (κ1) is 19.7. The van der Waals surface area contributed by atoms with Crippen molar-refractivity contribution in [2.45, 2.75) is 25.7 Å². The summed E-state index contributed by atoms with van der Waals surface area (Å²) < 4.78 is 0. The molecule has 6 heteroatoms. The zero-order valence-electron chi connectivity index (χ0n) is 14.7. The third-order valence-electron chi connectivity index (χ3n) is 4.97. The summed E-state index contributed by atoms with van der Waals surface area (Å²) in [5.74, 6) is 0.337. The molecular weight excluding hydrogens is 338 g/mol. The molecule has 0 aliphatic carbocycles. The number of rotatable bonds is 3. The van der Waals surface area contributed by atoms with Gasteiger partial charge >= 0.3 is 0 Å². The Bertz CT molecular complexity index is 559. The SMILES string of the molecule is Cl.O=C(Cc1ccccc1)N1CCCC(C(=O)N2CCCNCC2)C1. The second-order valence-corrected chi connectivity index (χ2v) is 6.77. The van der Waals surface area contributed by atoms with E-state index in [1.165, 1.54) is 0 Å². The van der Waals surface area contributed by atoms with Crippen molar-refractivity contribution in [1.82, 2.24) is 15.1 Å². The van der Waals surface area contributed by atoms with Gasteiger partial charge in [-0.25, -0.2) is 0 Å². The van der Waals surface area contributed by atoms with Gasteiger partial charge in [0.1, 0.15) is 0 Å². The number of hydrogen-bond donors (Lipinski definition) is 1. The highest BCUT2D eigenvalue weighted by atomic mass is 35.5. The topological polar surface area (TPSA) is 52.7 Å². The number of nitrogens with zero attached hydrogens (tertiary/aromatic N) is 2. The Hall–Kier alpha value is -1.59. The van der Waals surface area contributed by atoms with Crippen LogP contribution in [0.25, 0.3) is 0 Å². The lowest BCUT2D eigenvalue weighted by Crippen LogP contribution is -2.47. The van der Waals surface area contributed by atoms with E-state index in [0.29, 0.717) is 13.0 Å². The molecule has 0 spiro atoms. The largest absolute Gasteiger partial charge is 0.342 e. The van der Waals surface area contributed by atoms with Crippen molar-refractivity contribution >= 4 is 24.2 Å². The minimum Gasteiger partial charge on any atom is -0.342 e. The summed E-state index contributed by atoms with van der Waals surface area (Å²) in [7, 11) is 0. The van der Waals surface area contributed by atoms with Gasteiger partial charge in [-0.3, -0.25) is 9.59 Å². The summed E-state index contributed by atoms with van der Waals surface area (Å²) in [6, 6.07) is 9.83. The monoisotopic (exact) mass is 365 g/mol. The molecule has 2 saturated heterocycles. The molecule has 0 saturated carbocycles. The van der Waals surface area contributed by atoms with Crippen molar-refractivity contribution in [3.8, 4) is 0 Å². The normalized spacial score (nSPS) is 21.2. The maximum absolute atomic E-state index is 12.8. The summed E-state index contributed by atoms with van der Waals surface area (Å²) in [5.41, 5.74) is 1.04. The van der Waals surface area contributed by atoms with E-state index < -0.39 is 0 Å². The van der Waals surface area contributed by atoms with Crippen LogP contribution < -0.4 is 5.32 Å². The van der Waals surface area contributed by atoms with Gasteiger partial charge in [-0.2, -0.15) is 0 Å². The molecule has 1 aromatic rings. The number of carbonyl (C=O) groups excluding carboxylic acids is 2. The van der Waals surface area contributed by atoms with E-state index in [1.54, 1.807) is 0 Å². The third-order valence-corrected chi connectivity index (χ3v) is 4.97. The van der Waals surface area contributed by atoms with Crippen LogP contribution in [0.2, 0.25) is 0 Å². The van der Waals surface area contributed by atoms with E-state index in [0.717, 1.165) is 57.5 Å². The Kier molecular flexibility index (Phi) is 7.72. The van der Waals surface area contributed by atoms with Crippen LogP contribution in [0.3, 0.4) is 0 Å². The molecule has 1 unspecified atom stereocenters. The number of carbonyl (C=O) groups is 2. The molecule has 0 radical (unpaired) electrons. The van der Waals surface area contributed by atoms with Gasteiger partial charge in [0.15, 0.2) is 0 Å². The molecule has 0 aromatic heterocycles. The van der Waals surface area contributed by atoms with E-state index >= 15 is 0 Å². The second-order valence-electron chi connectivity index (χ2n) is 6.77. The molecule has 138 valence electrons. The first-order chi connectivity index (χ1) is 11.7. The molecule has 2 amide bonds. The van der Waals surface area contributed by atoms with Crippen molar-refractivity contribution in [2.75, 3.05) is 39.3 Å². The molecule has 5 nitrogen and oxygen atoms in total. The number of piperidine rings is 1. The summed E-state index contributed by atoms with van der Waals surface area (Å²) in [5, 5.41) is 3.33. The van der Waals surface area contributed by atoms with Crippen LogP contribution >= 0.6 is 12.4 Å². The maximum atomic E-state index is 12.8. The van der Waals surface area contributed by atoms with Crippen molar-refractivity contribution in [2.24, 2.45) is 5.92 Å². The van der Waals surface area contributed by atoms with Crippen molar-refractivity contribution in [3.63, 3.8) is 0 Å². The Balaban J connectivity index is 0.00000225. The fourth-order valence-electron chi connectivity index (χ4n) is 3.61. The summed E-state index contributed by atoms with van der Waals surface area (Å²) in [4.78, 5) is 29.2. The number of benzene rings is 1. The Morgan fingerprint density at radius 1 is 1.00 bits per heavy atom. The second kappa shape index (κ2) is 9.78. The lowest BCUT2D eigenvalue weighted by atomic mass is 9.95. The fraction of sp³-hybridized carbons (Fsp3) is 0.579. The van der Waals surface area contributed by atoms with Crippen LogP contribution in [0, 0.1) is 5.92 Å². The lowest BCUT2D eigenvalue weighted by molar-refractivity contribution is -0.140. The van der Waals surface area contributed by atoms with Crippen LogP contribution in [-0.2, 0) is 16.0 Å². The average molecular weight is 366 g/mol. The quantitative estimate of drug-likeness (QED) is 0.887. The van der Waals surface area contributed by atoms with Crippen LogP contribution in [-0.4, -0.2) is 60.9 Å². The van der Waals surface area contributed by atoms with Gasteiger partial charge in [0.05, 0.1) is 12.3 Å². The maximum Gasteiger partial charge on any atom is 0.227 e. The molecule has 2 fully saturated rings. The number of likely N-dealkylation sites (tertiary alicyclic amines) is 1. The zero-order valence-corrected chi connectivity index (χ0v) is 15.5. The third kappa shape index (κ3) is 5.44. The van der Waals surface area contributed by atoms with Gasteiger partial charge in [0, 0.05) is 32.7 Å². The minimum atomic E-state index is -0.0310. The number of hydrogen-bond acceptors (Lipinski definition) is 3. The van der Waals surface area contributed by atoms with E-state index in [2.05, 4.69) is 5.32 Å². The van der Waals surface area contributed by atoms with Crippen molar-refractivity contribution in [3.05, 3.63) is 35.9 Å². The van der Waals surface area contributed by atoms with Crippen LogP contribution in [0.5, 0.6) is 0 Å². The Morgan fingerprint density at radius 2 is 1.76 bits per heavy atom. The van der Waals surface area contributed by atoms with Gasteiger partial charge in [-0.05, 0) is 31.4 Å². The predicted octanol–water partition coefficient (Wildman–Crippen LogP) is 1.71. The van der Waals surface area contributed by atoms with Gasteiger partial charge in [0.2, 0.25) is 11.8 Å². The lowest BCUT2D eigenvalue weighted by Gasteiger charge is -2.34. The van der Waals surface area contributed by atoms with Gasteiger partial charge in [0.25, 0.3) is 0 Å². The van der Waals surface area contributed by atoms with Crippen molar-refractivity contribution < 1.29 is 9.59 Å². The summed E-state index contributed by atoms with van der Waals surface area (Å²) in [6.07, 6.45) is 3.26. The van der Waals surface area contributed by atoms with E-state index in [1.807, 2.05) is 40.1 Å². The zero-order chi connectivity index (χ0) is 16.8. The summed E-state index contributed by atoms with van der Waals surface area (Å²) in [6.45, 7) is 4.82. The molecule has 0 bridgehead atoms. The average Bonchev–Trinajstić information content (AvgIpc) is 2.91. The first-order valence-corrected chi connectivity index (χ1v) is 9.05.